The Morgan fingerprint density at radius 2 is 1.66 bits per heavy atom. The summed E-state index contributed by atoms with van der Waals surface area (Å²) in [4.78, 5) is 22.3. The molecule has 198 valence electrons. The van der Waals surface area contributed by atoms with Crippen molar-refractivity contribution in [2.24, 2.45) is 0 Å². The number of nitrogens with one attached hydrogen (secondary N) is 2. The number of carbonyl (C=O) groups is 1. The number of sulfonamides is 1. The fraction of sp³-hybridized carbons (Fsp3) is 0.286. The van der Waals surface area contributed by atoms with Crippen LogP contribution in [-0.4, -0.2) is 63.5 Å². The molecule has 1 amide bonds. The third kappa shape index (κ3) is 5.98. The van der Waals surface area contributed by atoms with Gasteiger partial charge >= 0.3 is 0 Å². The second-order valence-electron chi connectivity index (χ2n) is 9.50. The number of nitrogens with zero attached hydrogens (tertiary/aromatic N) is 3. The van der Waals surface area contributed by atoms with Crippen molar-refractivity contribution in [2.45, 2.75) is 18.7 Å². The van der Waals surface area contributed by atoms with Gasteiger partial charge in [-0.3, -0.25) is 14.4 Å². The van der Waals surface area contributed by atoms with E-state index in [0.717, 1.165) is 48.9 Å². The molecule has 3 aromatic carbocycles. The lowest BCUT2D eigenvalue weighted by molar-refractivity contribution is 0.0948. The number of carbonyl (C=O) groups excluding carboxylic acids is 1. The van der Waals surface area contributed by atoms with E-state index < -0.39 is 10.0 Å². The number of para-hydroxylation sites is 1. The highest BCUT2D eigenvalue weighted by Gasteiger charge is 2.20. The molecule has 0 spiro atoms. The van der Waals surface area contributed by atoms with Crippen LogP contribution in [0.25, 0.3) is 10.2 Å². The van der Waals surface area contributed by atoms with Gasteiger partial charge in [-0.05, 0) is 61.9 Å². The van der Waals surface area contributed by atoms with Crippen LogP contribution in [0.5, 0.6) is 0 Å². The molecule has 0 bridgehead atoms. The van der Waals surface area contributed by atoms with Crippen molar-refractivity contribution >= 4 is 48.3 Å². The molecule has 38 heavy (non-hydrogen) atoms. The van der Waals surface area contributed by atoms with Gasteiger partial charge in [0.2, 0.25) is 0 Å². The normalized spacial score (nSPS) is 14.5. The van der Waals surface area contributed by atoms with Gasteiger partial charge in [0.05, 0.1) is 15.1 Å². The Bertz CT molecular complexity index is 1530. The molecule has 0 radical (unpaired) electrons. The first-order valence-corrected chi connectivity index (χ1v) is 14.9. The van der Waals surface area contributed by atoms with Crippen molar-refractivity contribution in [1.82, 2.24) is 15.2 Å². The molecular formula is C28H31N5O3S2. The van der Waals surface area contributed by atoms with Gasteiger partial charge in [0.25, 0.3) is 15.9 Å². The van der Waals surface area contributed by atoms with E-state index in [0.29, 0.717) is 17.8 Å². The fourth-order valence-corrected chi connectivity index (χ4v) is 6.58. The van der Waals surface area contributed by atoms with Crippen molar-refractivity contribution in [1.29, 1.82) is 0 Å². The van der Waals surface area contributed by atoms with Crippen LogP contribution in [0.2, 0.25) is 0 Å². The minimum Gasteiger partial charge on any atom is -0.351 e. The maximum Gasteiger partial charge on any atom is 0.261 e. The summed E-state index contributed by atoms with van der Waals surface area (Å²) in [7, 11) is -3.68. The molecule has 0 aliphatic carbocycles. The number of benzene rings is 3. The first kappa shape index (κ1) is 26.1. The predicted molar refractivity (Wildman–Crippen MR) is 154 cm³/mol. The second-order valence-corrected chi connectivity index (χ2v) is 12.2. The summed E-state index contributed by atoms with van der Waals surface area (Å²) < 4.78 is 28.9. The van der Waals surface area contributed by atoms with E-state index in [2.05, 4.69) is 45.0 Å². The summed E-state index contributed by atoms with van der Waals surface area (Å²) in [6.07, 6.45) is 0. The molecule has 2 N–H and O–H groups in total. The number of hydrogen-bond donors (Lipinski definition) is 2. The predicted octanol–water partition coefficient (Wildman–Crippen LogP) is 4.27. The van der Waals surface area contributed by atoms with Crippen LogP contribution in [0.4, 0.5) is 10.8 Å². The molecule has 1 aliphatic heterocycles. The standard InChI is InChI=1S/C28H31N5O3S2/c1-20-6-12-24(13-7-20)38(35,36)31-23-10-8-22(9-11-23)27(34)29-14-15-32-16-18-33(19-17-32)28-30-26-21(2)4-3-5-25(26)37-28/h3-13,31H,14-19H2,1-2H3,(H,29,34). The van der Waals surface area contributed by atoms with Crippen LogP contribution in [0.15, 0.2) is 71.6 Å². The Labute approximate surface area is 227 Å². The molecule has 4 aromatic rings. The Kier molecular flexibility index (Phi) is 7.64. The van der Waals surface area contributed by atoms with Crippen molar-refractivity contribution in [3.05, 3.63) is 83.4 Å². The molecule has 1 saturated heterocycles. The van der Waals surface area contributed by atoms with Gasteiger partial charge in [-0.25, -0.2) is 13.4 Å². The zero-order valence-electron chi connectivity index (χ0n) is 21.5. The van der Waals surface area contributed by atoms with E-state index in [1.807, 2.05) is 6.92 Å². The molecule has 0 saturated carbocycles. The van der Waals surface area contributed by atoms with Crippen molar-refractivity contribution < 1.29 is 13.2 Å². The number of piperazine rings is 1. The number of hydrogen-bond acceptors (Lipinski definition) is 7. The largest absolute Gasteiger partial charge is 0.351 e. The third-order valence-electron chi connectivity index (χ3n) is 6.70. The number of thiazole rings is 1. The van der Waals surface area contributed by atoms with E-state index in [4.69, 9.17) is 4.98 Å². The lowest BCUT2D eigenvalue weighted by Gasteiger charge is -2.34. The van der Waals surface area contributed by atoms with Crippen LogP contribution in [0, 0.1) is 13.8 Å². The zero-order valence-corrected chi connectivity index (χ0v) is 23.1. The summed E-state index contributed by atoms with van der Waals surface area (Å²) >= 11 is 1.74. The Hall–Kier alpha value is -3.47. The van der Waals surface area contributed by atoms with Gasteiger partial charge in [-0.2, -0.15) is 0 Å². The maximum atomic E-state index is 12.6. The number of aryl methyl sites for hydroxylation is 2. The van der Waals surface area contributed by atoms with Gasteiger partial charge in [0, 0.05) is 50.5 Å². The summed E-state index contributed by atoms with van der Waals surface area (Å²) in [5, 5.41) is 4.04. The lowest BCUT2D eigenvalue weighted by atomic mass is 10.2. The number of amides is 1. The highest BCUT2D eigenvalue weighted by atomic mass is 32.2. The first-order valence-electron chi connectivity index (χ1n) is 12.6. The SMILES string of the molecule is Cc1ccc(S(=O)(=O)Nc2ccc(C(=O)NCCN3CCN(c4nc5c(C)cccc5s4)CC3)cc2)cc1. The zero-order chi connectivity index (χ0) is 26.7. The molecule has 2 heterocycles. The van der Waals surface area contributed by atoms with Crippen LogP contribution in [0.3, 0.4) is 0 Å². The van der Waals surface area contributed by atoms with Gasteiger partial charge in [-0.1, -0.05) is 41.2 Å². The average molecular weight is 550 g/mol. The minimum absolute atomic E-state index is 0.179. The van der Waals surface area contributed by atoms with Crippen molar-refractivity contribution in [2.75, 3.05) is 48.9 Å². The second kappa shape index (κ2) is 11.1. The van der Waals surface area contributed by atoms with E-state index in [1.165, 1.54) is 10.3 Å². The lowest BCUT2D eigenvalue weighted by Crippen LogP contribution is -2.48. The number of rotatable bonds is 8. The highest BCUT2D eigenvalue weighted by molar-refractivity contribution is 7.92. The third-order valence-corrected chi connectivity index (χ3v) is 9.18. The molecule has 1 fully saturated rings. The summed E-state index contributed by atoms with van der Waals surface area (Å²) in [5.41, 5.74) is 4.18. The van der Waals surface area contributed by atoms with Gasteiger partial charge < -0.3 is 10.2 Å². The average Bonchev–Trinajstić information content (AvgIpc) is 3.35. The molecule has 10 heteroatoms. The van der Waals surface area contributed by atoms with Gasteiger partial charge in [0.1, 0.15) is 0 Å². The van der Waals surface area contributed by atoms with Gasteiger partial charge in [-0.15, -0.1) is 0 Å². The topological polar surface area (TPSA) is 94.6 Å². The minimum atomic E-state index is -3.68. The monoisotopic (exact) mass is 549 g/mol. The van der Waals surface area contributed by atoms with E-state index in [1.54, 1.807) is 59.9 Å². The Morgan fingerprint density at radius 1 is 0.947 bits per heavy atom. The van der Waals surface area contributed by atoms with Gasteiger partial charge in [0.15, 0.2) is 5.13 Å². The molecule has 1 aromatic heterocycles. The fourth-order valence-electron chi connectivity index (χ4n) is 4.42. The smallest absolute Gasteiger partial charge is 0.261 e. The maximum absolute atomic E-state index is 12.6. The Balaban J connectivity index is 1.07. The van der Waals surface area contributed by atoms with Crippen LogP contribution in [-0.2, 0) is 10.0 Å². The van der Waals surface area contributed by atoms with E-state index in [9.17, 15) is 13.2 Å². The first-order chi connectivity index (χ1) is 18.3. The van der Waals surface area contributed by atoms with E-state index in [-0.39, 0.29) is 10.8 Å². The molecule has 8 nitrogen and oxygen atoms in total. The molecule has 5 rings (SSSR count). The molecule has 1 aliphatic rings. The van der Waals surface area contributed by atoms with Crippen LogP contribution in [0.1, 0.15) is 21.5 Å². The quantitative estimate of drug-likeness (QED) is 0.341. The summed E-state index contributed by atoms with van der Waals surface area (Å²) in [6, 6.07) is 19.4. The molecule has 0 atom stereocenters. The van der Waals surface area contributed by atoms with Crippen molar-refractivity contribution in [3.63, 3.8) is 0 Å². The van der Waals surface area contributed by atoms with E-state index >= 15 is 0 Å². The summed E-state index contributed by atoms with van der Waals surface area (Å²) in [5.74, 6) is -0.179. The molecule has 0 unspecified atom stereocenters. The Morgan fingerprint density at radius 3 is 2.34 bits per heavy atom. The molecular weight excluding hydrogens is 518 g/mol. The van der Waals surface area contributed by atoms with Crippen molar-refractivity contribution in [3.8, 4) is 0 Å². The number of anilines is 2. The summed E-state index contributed by atoms with van der Waals surface area (Å²) in [6.45, 7) is 8.97. The number of fused-ring (bicyclic) bond motifs is 1. The highest BCUT2D eigenvalue weighted by Crippen LogP contribution is 2.31. The van der Waals surface area contributed by atoms with Crippen LogP contribution >= 0.6 is 11.3 Å². The van der Waals surface area contributed by atoms with Crippen LogP contribution < -0.4 is 14.9 Å². The number of aromatic nitrogens is 1.